The first kappa shape index (κ1) is 15.9. The van der Waals surface area contributed by atoms with E-state index in [4.69, 9.17) is 4.74 Å². The van der Waals surface area contributed by atoms with E-state index in [0.717, 1.165) is 17.1 Å². The normalized spacial score (nSPS) is 10.7. The number of carbonyl (C=O) groups is 1. The van der Waals surface area contributed by atoms with Gasteiger partial charge in [-0.05, 0) is 55.5 Å². The van der Waals surface area contributed by atoms with Gasteiger partial charge < -0.3 is 14.5 Å². The Morgan fingerprint density at radius 3 is 2.50 bits per heavy atom. The SMILES string of the molecule is Cc1cn2ccc(C(=O)Nc3ccc(Oc4ccccc4)cc3)cc2n1. The van der Waals surface area contributed by atoms with E-state index in [1.165, 1.54) is 0 Å². The molecule has 0 fully saturated rings. The highest BCUT2D eigenvalue weighted by Gasteiger charge is 2.08. The zero-order valence-corrected chi connectivity index (χ0v) is 14.2. The van der Waals surface area contributed by atoms with Gasteiger partial charge in [-0.2, -0.15) is 0 Å². The van der Waals surface area contributed by atoms with Crippen molar-refractivity contribution in [2.24, 2.45) is 0 Å². The van der Waals surface area contributed by atoms with Gasteiger partial charge in [0, 0.05) is 23.6 Å². The highest BCUT2D eigenvalue weighted by molar-refractivity contribution is 6.04. The van der Waals surface area contributed by atoms with Crippen molar-refractivity contribution in [1.82, 2.24) is 9.38 Å². The quantitative estimate of drug-likeness (QED) is 0.585. The van der Waals surface area contributed by atoms with Crippen LogP contribution in [0.5, 0.6) is 11.5 Å². The summed E-state index contributed by atoms with van der Waals surface area (Å²) in [6.07, 6.45) is 3.75. The third-order valence-corrected chi connectivity index (χ3v) is 3.93. The number of carbonyl (C=O) groups excluding carboxylic acids is 1. The van der Waals surface area contributed by atoms with Gasteiger partial charge in [0.15, 0.2) is 0 Å². The van der Waals surface area contributed by atoms with Gasteiger partial charge in [0.2, 0.25) is 0 Å². The molecule has 2 aromatic heterocycles. The average Bonchev–Trinajstić information content (AvgIpc) is 3.03. The Bertz CT molecular complexity index is 1050. The molecule has 1 N–H and O–H groups in total. The molecule has 0 radical (unpaired) electrons. The summed E-state index contributed by atoms with van der Waals surface area (Å²) in [5.41, 5.74) is 2.93. The van der Waals surface area contributed by atoms with Crippen molar-refractivity contribution >= 4 is 17.2 Å². The summed E-state index contributed by atoms with van der Waals surface area (Å²) in [6, 6.07) is 20.4. The molecule has 5 nitrogen and oxygen atoms in total. The Hall–Kier alpha value is -3.60. The molecule has 0 spiro atoms. The fourth-order valence-corrected chi connectivity index (χ4v) is 2.68. The summed E-state index contributed by atoms with van der Waals surface area (Å²) in [5, 5.41) is 2.89. The lowest BCUT2D eigenvalue weighted by Crippen LogP contribution is -2.12. The van der Waals surface area contributed by atoms with E-state index in [2.05, 4.69) is 10.3 Å². The van der Waals surface area contributed by atoms with Crippen LogP contribution in [-0.2, 0) is 0 Å². The molecule has 0 atom stereocenters. The average molecular weight is 343 g/mol. The second kappa shape index (κ2) is 6.72. The van der Waals surface area contributed by atoms with Crippen LogP contribution in [0.3, 0.4) is 0 Å². The molecule has 0 saturated heterocycles. The third kappa shape index (κ3) is 3.42. The molecule has 0 bridgehead atoms. The number of imidazole rings is 1. The maximum Gasteiger partial charge on any atom is 0.255 e. The Morgan fingerprint density at radius 2 is 1.73 bits per heavy atom. The fourth-order valence-electron chi connectivity index (χ4n) is 2.68. The number of aromatic nitrogens is 2. The van der Waals surface area contributed by atoms with Crippen LogP contribution in [0.1, 0.15) is 16.1 Å². The molecule has 0 unspecified atom stereocenters. The summed E-state index contributed by atoms with van der Waals surface area (Å²) in [5.74, 6) is 1.31. The van der Waals surface area contributed by atoms with Gasteiger partial charge in [-0.3, -0.25) is 4.79 Å². The summed E-state index contributed by atoms with van der Waals surface area (Å²) < 4.78 is 7.64. The lowest BCUT2D eigenvalue weighted by atomic mass is 10.2. The first-order chi connectivity index (χ1) is 12.7. The van der Waals surface area contributed by atoms with Gasteiger partial charge in [0.25, 0.3) is 5.91 Å². The van der Waals surface area contributed by atoms with E-state index in [-0.39, 0.29) is 5.91 Å². The van der Waals surface area contributed by atoms with E-state index in [0.29, 0.717) is 17.0 Å². The number of pyridine rings is 1. The maximum atomic E-state index is 12.5. The van der Waals surface area contributed by atoms with Crippen molar-refractivity contribution in [2.75, 3.05) is 5.32 Å². The molecule has 1 amide bonds. The number of hydrogen-bond donors (Lipinski definition) is 1. The highest BCUT2D eigenvalue weighted by Crippen LogP contribution is 2.23. The van der Waals surface area contributed by atoms with E-state index >= 15 is 0 Å². The van der Waals surface area contributed by atoms with Gasteiger partial charge in [-0.1, -0.05) is 18.2 Å². The highest BCUT2D eigenvalue weighted by atomic mass is 16.5. The molecular weight excluding hydrogens is 326 g/mol. The standard InChI is InChI=1S/C21H17N3O2/c1-15-14-24-12-11-16(13-20(24)22-15)21(25)23-17-7-9-19(10-8-17)26-18-5-3-2-4-6-18/h2-14H,1H3,(H,23,25). The molecule has 0 aliphatic rings. The largest absolute Gasteiger partial charge is 0.457 e. The van der Waals surface area contributed by atoms with Crippen LogP contribution in [0, 0.1) is 6.92 Å². The number of fused-ring (bicyclic) bond motifs is 1. The zero-order valence-electron chi connectivity index (χ0n) is 14.2. The van der Waals surface area contributed by atoms with E-state index < -0.39 is 0 Å². The van der Waals surface area contributed by atoms with Gasteiger partial charge >= 0.3 is 0 Å². The van der Waals surface area contributed by atoms with Crippen LogP contribution in [-0.4, -0.2) is 15.3 Å². The number of nitrogens with one attached hydrogen (secondary N) is 1. The van der Waals surface area contributed by atoms with Gasteiger partial charge in [0.05, 0.1) is 5.69 Å². The second-order valence-corrected chi connectivity index (χ2v) is 5.96. The molecular formula is C21H17N3O2. The minimum Gasteiger partial charge on any atom is -0.457 e. The maximum absolute atomic E-state index is 12.5. The first-order valence-electron chi connectivity index (χ1n) is 8.27. The first-order valence-corrected chi connectivity index (χ1v) is 8.27. The van der Waals surface area contributed by atoms with Crippen molar-refractivity contribution in [2.45, 2.75) is 6.92 Å². The monoisotopic (exact) mass is 343 g/mol. The molecule has 4 aromatic rings. The van der Waals surface area contributed by atoms with Crippen molar-refractivity contribution in [3.63, 3.8) is 0 Å². The molecule has 26 heavy (non-hydrogen) atoms. The van der Waals surface area contributed by atoms with Gasteiger partial charge in [0.1, 0.15) is 17.1 Å². The summed E-state index contributed by atoms with van der Waals surface area (Å²) >= 11 is 0. The Balaban J connectivity index is 1.46. The predicted octanol–water partition coefficient (Wildman–Crippen LogP) is 4.69. The number of anilines is 1. The zero-order chi connectivity index (χ0) is 17.9. The van der Waals surface area contributed by atoms with E-state index in [9.17, 15) is 4.79 Å². The Labute approximate surface area is 150 Å². The van der Waals surface area contributed by atoms with Crippen molar-refractivity contribution < 1.29 is 9.53 Å². The van der Waals surface area contributed by atoms with Crippen molar-refractivity contribution in [3.8, 4) is 11.5 Å². The number of nitrogens with zero attached hydrogens (tertiary/aromatic N) is 2. The Kier molecular flexibility index (Phi) is 4.11. The molecule has 0 saturated carbocycles. The molecule has 2 heterocycles. The van der Waals surface area contributed by atoms with Crippen molar-refractivity contribution in [1.29, 1.82) is 0 Å². The van der Waals surface area contributed by atoms with Crippen LogP contribution in [0.25, 0.3) is 5.65 Å². The van der Waals surface area contributed by atoms with E-state index in [1.54, 1.807) is 12.1 Å². The van der Waals surface area contributed by atoms with Gasteiger partial charge in [-0.25, -0.2) is 4.98 Å². The van der Waals surface area contributed by atoms with Crippen LogP contribution >= 0.6 is 0 Å². The molecule has 0 aliphatic carbocycles. The van der Waals surface area contributed by atoms with Crippen LogP contribution < -0.4 is 10.1 Å². The molecule has 5 heteroatoms. The van der Waals surface area contributed by atoms with Gasteiger partial charge in [-0.15, -0.1) is 0 Å². The third-order valence-electron chi connectivity index (χ3n) is 3.93. The van der Waals surface area contributed by atoms with Crippen LogP contribution in [0.2, 0.25) is 0 Å². The Morgan fingerprint density at radius 1 is 1.00 bits per heavy atom. The number of aryl methyl sites for hydroxylation is 1. The minimum atomic E-state index is -0.176. The molecule has 128 valence electrons. The number of benzene rings is 2. The minimum absolute atomic E-state index is 0.176. The lowest BCUT2D eigenvalue weighted by molar-refractivity contribution is 0.102. The number of rotatable bonds is 4. The lowest BCUT2D eigenvalue weighted by Gasteiger charge is -2.08. The topological polar surface area (TPSA) is 55.6 Å². The summed E-state index contributed by atoms with van der Waals surface area (Å²) in [6.45, 7) is 1.92. The van der Waals surface area contributed by atoms with Crippen LogP contribution in [0.4, 0.5) is 5.69 Å². The summed E-state index contributed by atoms with van der Waals surface area (Å²) in [7, 11) is 0. The van der Waals surface area contributed by atoms with E-state index in [1.807, 2.05) is 78.3 Å². The number of hydrogen-bond acceptors (Lipinski definition) is 3. The predicted molar refractivity (Wildman–Crippen MR) is 101 cm³/mol. The molecule has 2 aromatic carbocycles. The number of para-hydroxylation sites is 1. The smallest absolute Gasteiger partial charge is 0.255 e. The number of ether oxygens (including phenoxy) is 1. The van der Waals surface area contributed by atoms with Crippen molar-refractivity contribution in [3.05, 3.63) is 90.4 Å². The number of amides is 1. The fraction of sp³-hybridized carbons (Fsp3) is 0.0476. The van der Waals surface area contributed by atoms with Crippen LogP contribution in [0.15, 0.2) is 79.1 Å². The molecule has 4 rings (SSSR count). The second-order valence-electron chi connectivity index (χ2n) is 5.96. The molecule has 0 aliphatic heterocycles. The summed E-state index contributed by atoms with van der Waals surface area (Å²) in [4.78, 5) is 16.8.